The third-order valence-electron chi connectivity index (χ3n) is 2.97. The molecule has 1 aliphatic carbocycles. The van der Waals surface area contributed by atoms with E-state index in [-0.39, 0.29) is 12.2 Å². The van der Waals surface area contributed by atoms with E-state index in [9.17, 15) is 9.18 Å². The van der Waals surface area contributed by atoms with Gasteiger partial charge in [-0.25, -0.2) is 4.39 Å². The molecule has 2 rings (SSSR count). The largest absolute Gasteiger partial charge is 0.294 e. The molecule has 0 saturated carbocycles. The summed E-state index contributed by atoms with van der Waals surface area (Å²) in [5.41, 5.74) is 1.13. The highest BCUT2D eigenvalue weighted by atomic mass is 19.1. The number of benzene rings is 1. The first-order chi connectivity index (χ1) is 7.03. The highest BCUT2D eigenvalue weighted by molar-refractivity contribution is 6.04. The fourth-order valence-corrected chi connectivity index (χ4v) is 2.29. The summed E-state index contributed by atoms with van der Waals surface area (Å²) < 4.78 is 12.8. The quantitative estimate of drug-likeness (QED) is 0.722. The lowest BCUT2D eigenvalue weighted by Gasteiger charge is -2.20. The molecule has 0 saturated heterocycles. The van der Waals surface area contributed by atoms with Gasteiger partial charge in [-0.2, -0.15) is 0 Å². The minimum absolute atomic E-state index is 0.0388. The Hall–Kier alpha value is -1.44. The molecule has 78 valence electrons. The zero-order valence-electron chi connectivity index (χ0n) is 8.72. The van der Waals surface area contributed by atoms with Crippen molar-refractivity contribution in [2.75, 3.05) is 0 Å². The monoisotopic (exact) mass is 204 g/mol. The second-order valence-electron chi connectivity index (χ2n) is 4.42. The molecule has 0 heterocycles. The molecule has 0 unspecified atom stereocenters. The molecular formula is C13H13FO. The Kier molecular flexibility index (Phi) is 2.22. The number of hydrogen-bond donors (Lipinski definition) is 0. The van der Waals surface area contributed by atoms with Crippen LogP contribution in [0.4, 0.5) is 4.39 Å². The molecule has 2 heteroatoms. The molecule has 15 heavy (non-hydrogen) atoms. The maximum Gasteiger partial charge on any atom is 0.169 e. The van der Waals surface area contributed by atoms with Crippen LogP contribution in [0.1, 0.15) is 29.3 Å². The third-order valence-corrected chi connectivity index (χ3v) is 2.97. The second kappa shape index (κ2) is 3.30. The summed E-state index contributed by atoms with van der Waals surface area (Å²) >= 11 is 0. The summed E-state index contributed by atoms with van der Waals surface area (Å²) in [7, 11) is 0. The molecule has 1 atom stereocenters. The Balaban J connectivity index is 2.38. The van der Waals surface area contributed by atoms with E-state index in [4.69, 9.17) is 0 Å². The number of hydrogen-bond acceptors (Lipinski definition) is 1. The molecule has 0 aromatic heterocycles. The SMILES string of the molecule is C=C(F)C[C@]1(C)Cc2ccccc2C1=O. The lowest BCUT2D eigenvalue weighted by molar-refractivity contribution is 0.0834. The molecule has 1 aromatic rings. The lowest BCUT2D eigenvalue weighted by atomic mass is 9.82. The fraction of sp³-hybridized carbons (Fsp3) is 0.308. The van der Waals surface area contributed by atoms with Gasteiger partial charge in [-0.1, -0.05) is 37.8 Å². The number of allylic oxidation sites excluding steroid dienone is 1. The van der Waals surface area contributed by atoms with Gasteiger partial charge in [0.15, 0.2) is 5.78 Å². The highest BCUT2D eigenvalue weighted by Gasteiger charge is 2.41. The zero-order valence-corrected chi connectivity index (χ0v) is 8.72. The van der Waals surface area contributed by atoms with Crippen LogP contribution in [0.3, 0.4) is 0 Å². The van der Waals surface area contributed by atoms with Crippen LogP contribution >= 0.6 is 0 Å². The van der Waals surface area contributed by atoms with Gasteiger partial charge >= 0.3 is 0 Å². The van der Waals surface area contributed by atoms with Gasteiger partial charge < -0.3 is 0 Å². The molecule has 0 bridgehead atoms. The average Bonchev–Trinajstić information content (AvgIpc) is 2.39. The van der Waals surface area contributed by atoms with Crippen molar-refractivity contribution in [1.29, 1.82) is 0 Å². The minimum atomic E-state index is -0.629. The van der Waals surface area contributed by atoms with Crippen LogP contribution in [0.2, 0.25) is 0 Å². The van der Waals surface area contributed by atoms with Crippen molar-refractivity contribution in [1.82, 2.24) is 0 Å². The normalized spacial score (nSPS) is 24.0. The molecule has 0 aliphatic heterocycles. The number of carbonyl (C=O) groups is 1. The molecule has 0 N–H and O–H groups in total. The van der Waals surface area contributed by atoms with E-state index < -0.39 is 11.2 Å². The van der Waals surface area contributed by atoms with E-state index in [1.54, 1.807) is 6.92 Å². The summed E-state index contributed by atoms with van der Waals surface area (Å²) in [4.78, 5) is 12.0. The van der Waals surface area contributed by atoms with Crippen LogP contribution in [0.15, 0.2) is 36.7 Å². The third kappa shape index (κ3) is 1.60. The molecule has 0 amide bonds. The van der Waals surface area contributed by atoms with Gasteiger partial charge in [0.2, 0.25) is 0 Å². The smallest absolute Gasteiger partial charge is 0.169 e. The molecule has 0 spiro atoms. The van der Waals surface area contributed by atoms with Gasteiger partial charge in [0.25, 0.3) is 0 Å². The first-order valence-electron chi connectivity index (χ1n) is 4.99. The van der Waals surface area contributed by atoms with E-state index in [0.717, 1.165) is 11.1 Å². The maximum absolute atomic E-state index is 12.8. The number of halogens is 1. The summed E-state index contributed by atoms with van der Waals surface area (Å²) in [5, 5.41) is 0. The van der Waals surface area contributed by atoms with Crippen LogP contribution in [-0.4, -0.2) is 5.78 Å². The van der Waals surface area contributed by atoms with Crippen LogP contribution < -0.4 is 0 Å². The zero-order chi connectivity index (χ0) is 11.1. The van der Waals surface area contributed by atoms with Crippen molar-refractivity contribution >= 4 is 5.78 Å². The number of ketones is 1. The Morgan fingerprint density at radius 1 is 1.53 bits per heavy atom. The summed E-state index contributed by atoms with van der Waals surface area (Å²) in [5.74, 6) is -0.379. The molecule has 0 fully saturated rings. The first-order valence-corrected chi connectivity index (χ1v) is 4.99. The van der Waals surface area contributed by atoms with Crippen LogP contribution in [0.25, 0.3) is 0 Å². The molecule has 1 nitrogen and oxygen atoms in total. The van der Waals surface area contributed by atoms with Crippen LogP contribution in [0, 0.1) is 5.41 Å². The van der Waals surface area contributed by atoms with Crippen molar-refractivity contribution in [2.24, 2.45) is 5.41 Å². The van der Waals surface area contributed by atoms with E-state index in [2.05, 4.69) is 6.58 Å². The Morgan fingerprint density at radius 2 is 2.20 bits per heavy atom. The number of fused-ring (bicyclic) bond motifs is 1. The Morgan fingerprint density at radius 3 is 2.80 bits per heavy atom. The highest BCUT2D eigenvalue weighted by Crippen LogP contribution is 2.40. The Bertz CT molecular complexity index is 436. The van der Waals surface area contributed by atoms with Crippen molar-refractivity contribution in [3.63, 3.8) is 0 Å². The van der Waals surface area contributed by atoms with Gasteiger partial charge in [0.05, 0.1) is 5.83 Å². The van der Waals surface area contributed by atoms with E-state index in [1.807, 2.05) is 24.3 Å². The summed E-state index contributed by atoms with van der Waals surface area (Å²) in [6, 6.07) is 7.48. The van der Waals surface area contributed by atoms with Gasteiger partial charge in [-0.15, -0.1) is 0 Å². The lowest BCUT2D eigenvalue weighted by Crippen LogP contribution is -2.24. The minimum Gasteiger partial charge on any atom is -0.294 e. The fourth-order valence-electron chi connectivity index (χ4n) is 2.29. The average molecular weight is 204 g/mol. The first kappa shape index (κ1) is 10.1. The van der Waals surface area contributed by atoms with Gasteiger partial charge in [-0.3, -0.25) is 4.79 Å². The molecular weight excluding hydrogens is 191 g/mol. The van der Waals surface area contributed by atoms with Gasteiger partial charge in [-0.05, 0) is 12.0 Å². The van der Waals surface area contributed by atoms with Crippen molar-refractivity contribution < 1.29 is 9.18 Å². The van der Waals surface area contributed by atoms with Gasteiger partial charge in [0, 0.05) is 17.4 Å². The maximum atomic E-state index is 12.8. The summed E-state index contributed by atoms with van der Waals surface area (Å²) in [6.07, 6.45) is 0.742. The Labute approximate surface area is 88.6 Å². The topological polar surface area (TPSA) is 17.1 Å². The predicted molar refractivity (Wildman–Crippen MR) is 57.4 cm³/mol. The molecule has 1 aromatic carbocycles. The second-order valence-corrected chi connectivity index (χ2v) is 4.42. The van der Waals surface area contributed by atoms with Crippen LogP contribution in [-0.2, 0) is 6.42 Å². The van der Waals surface area contributed by atoms with E-state index >= 15 is 0 Å². The van der Waals surface area contributed by atoms with Gasteiger partial charge in [0.1, 0.15) is 0 Å². The summed E-state index contributed by atoms with van der Waals surface area (Å²) in [6.45, 7) is 5.05. The molecule has 0 radical (unpaired) electrons. The van der Waals surface area contributed by atoms with E-state index in [0.29, 0.717) is 6.42 Å². The number of carbonyl (C=O) groups excluding carboxylic acids is 1. The van der Waals surface area contributed by atoms with Crippen LogP contribution in [0.5, 0.6) is 0 Å². The molecule has 1 aliphatic rings. The van der Waals surface area contributed by atoms with Crippen molar-refractivity contribution in [3.05, 3.63) is 47.8 Å². The number of rotatable bonds is 2. The van der Waals surface area contributed by atoms with Crippen molar-refractivity contribution in [3.8, 4) is 0 Å². The number of Topliss-reactive ketones (excluding diaryl/α,β-unsaturated/α-hetero) is 1. The van der Waals surface area contributed by atoms with E-state index in [1.165, 1.54) is 0 Å². The van der Waals surface area contributed by atoms with Crippen molar-refractivity contribution in [2.45, 2.75) is 19.8 Å². The standard InChI is InChI=1S/C13H13FO/c1-9(14)7-13(2)8-10-5-3-4-6-11(10)12(13)15/h3-6H,1,7-8H2,2H3/t13-/m1/s1. The predicted octanol–water partition coefficient (Wildman–Crippen LogP) is 3.31.